The van der Waals surface area contributed by atoms with Crippen LogP contribution in [0.4, 0.5) is 0 Å². The zero-order valence-electron chi connectivity index (χ0n) is 14.3. The Morgan fingerprint density at radius 3 is 2.88 bits per heavy atom. The number of nitrogens with zero attached hydrogens (tertiary/aromatic N) is 3. The Morgan fingerprint density at radius 1 is 1.40 bits per heavy atom. The van der Waals surface area contributed by atoms with Crippen LogP contribution in [-0.2, 0) is 13.2 Å². The van der Waals surface area contributed by atoms with E-state index in [9.17, 15) is 10.2 Å². The smallest absolute Gasteiger partial charge is 0.147 e. The zero-order valence-corrected chi connectivity index (χ0v) is 14.3. The quantitative estimate of drug-likeness (QED) is 0.663. The Kier molecular flexibility index (Phi) is 6.47. The maximum Gasteiger partial charge on any atom is 0.147 e. The number of nitrogens with two attached hydrogens (primary N) is 1. The molecule has 2 aromatic rings. The fourth-order valence-corrected chi connectivity index (χ4v) is 2.23. The molecule has 25 heavy (non-hydrogen) atoms. The molecule has 2 heterocycles. The van der Waals surface area contributed by atoms with Gasteiger partial charge in [0.15, 0.2) is 0 Å². The molecule has 0 unspecified atom stereocenters. The molecule has 4 N–H and O–H groups in total. The fourth-order valence-electron chi connectivity index (χ4n) is 2.23. The third kappa shape index (κ3) is 4.77. The lowest BCUT2D eigenvalue weighted by Crippen LogP contribution is -2.11. The average molecular weight is 342 g/mol. The Bertz CT molecular complexity index is 773. The van der Waals surface area contributed by atoms with Crippen LogP contribution in [-0.4, -0.2) is 31.9 Å². The maximum atomic E-state index is 9.74. The van der Waals surface area contributed by atoms with Gasteiger partial charge in [0.2, 0.25) is 0 Å². The highest BCUT2D eigenvalue weighted by molar-refractivity contribution is 6.08. The molecular weight excluding hydrogens is 320 g/mol. The van der Waals surface area contributed by atoms with Crippen molar-refractivity contribution in [1.82, 2.24) is 9.97 Å². The predicted molar refractivity (Wildman–Crippen MR) is 95.4 cm³/mol. The summed E-state index contributed by atoms with van der Waals surface area (Å²) in [6, 6.07) is 3.75. The summed E-state index contributed by atoms with van der Waals surface area (Å²) in [4.78, 5) is 12.8. The van der Waals surface area contributed by atoms with Crippen LogP contribution in [0.25, 0.3) is 0 Å². The van der Waals surface area contributed by atoms with Crippen LogP contribution in [0.1, 0.15) is 30.7 Å². The van der Waals surface area contributed by atoms with Crippen molar-refractivity contribution in [3.8, 4) is 11.5 Å². The Morgan fingerprint density at radius 2 is 2.20 bits per heavy atom. The fraction of sp³-hybridized carbons (Fsp3) is 0.278. The van der Waals surface area contributed by atoms with Crippen molar-refractivity contribution in [2.45, 2.75) is 33.1 Å². The number of ether oxygens (including phenoxy) is 1. The second-order valence-corrected chi connectivity index (χ2v) is 5.56. The van der Waals surface area contributed by atoms with Crippen LogP contribution >= 0.6 is 0 Å². The van der Waals surface area contributed by atoms with Gasteiger partial charge < -0.3 is 20.7 Å². The van der Waals surface area contributed by atoms with Gasteiger partial charge in [-0.15, -0.1) is 0 Å². The van der Waals surface area contributed by atoms with Crippen molar-refractivity contribution < 1.29 is 14.9 Å². The lowest BCUT2D eigenvalue weighted by Gasteiger charge is -2.13. The normalized spacial score (nSPS) is 12.1. The first kappa shape index (κ1) is 18.4. The van der Waals surface area contributed by atoms with E-state index in [4.69, 9.17) is 10.5 Å². The average Bonchev–Trinajstić information content (AvgIpc) is 2.59. The van der Waals surface area contributed by atoms with E-state index in [0.29, 0.717) is 22.7 Å². The van der Waals surface area contributed by atoms with E-state index < -0.39 is 0 Å². The highest BCUT2D eigenvalue weighted by Crippen LogP contribution is 2.26. The van der Waals surface area contributed by atoms with Crippen LogP contribution < -0.4 is 10.5 Å². The lowest BCUT2D eigenvalue weighted by atomic mass is 10.1. The number of aliphatic hydroxyl groups is 1. The molecule has 132 valence electrons. The molecule has 2 rings (SSSR count). The number of aromatic nitrogens is 2. The highest BCUT2D eigenvalue weighted by Gasteiger charge is 2.13. The van der Waals surface area contributed by atoms with Crippen LogP contribution in [0.5, 0.6) is 11.5 Å². The first-order valence-corrected chi connectivity index (χ1v) is 7.86. The third-order valence-corrected chi connectivity index (χ3v) is 3.32. The summed E-state index contributed by atoms with van der Waals surface area (Å²) in [7, 11) is 0. The number of allylic oxidation sites excluding steroid dienone is 1. The van der Waals surface area contributed by atoms with Crippen molar-refractivity contribution in [1.29, 1.82) is 0 Å². The SMILES string of the molecule is CC(C)N=C(/C=C\N)c1ncccc1COc1cncc(O)c1CO. The van der Waals surface area contributed by atoms with Gasteiger partial charge in [-0.25, -0.2) is 0 Å². The molecule has 0 aliphatic heterocycles. The lowest BCUT2D eigenvalue weighted by molar-refractivity contribution is 0.251. The van der Waals surface area contributed by atoms with E-state index in [1.54, 1.807) is 18.3 Å². The number of pyridine rings is 2. The number of aromatic hydroxyl groups is 1. The van der Waals surface area contributed by atoms with E-state index in [1.165, 1.54) is 18.6 Å². The van der Waals surface area contributed by atoms with Gasteiger partial charge in [0.25, 0.3) is 0 Å². The van der Waals surface area contributed by atoms with Gasteiger partial charge in [0, 0.05) is 17.8 Å². The van der Waals surface area contributed by atoms with E-state index in [-0.39, 0.29) is 25.0 Å². The first-order chi connectivity index (χ1) is 12.1. The number of hydrogen-bond donors (Lipinski definition) is 3. The van der Waals surface area contributed by atoms with Crippen molar-refractivity contribution in [2.75, 3.05) is 0 Å². The predicted octanol–water partition coefficient (Wildman–Crippen LogP) is 1.92. The summed E-state index contributed by atoms with van der Waals surface area (Å²) in [5.41, 5.74) is 7.94. The van der Waals surface area contributed by atoms with E-state index in [2.05, 4.69) is 15.0 Å². The third-order valence-electron chi connectivity index (χ3n) is 3.32. The Hall–Kier alpha value is -2.93. The Balaban J connectivity index is 2.31. The Labute approximate surface area is 146 Å². The molecule has 0 fully saturated rings. The second-order valence-electron chi connectivity index (χ2n) is 5.56. The summed E-state index contributed by atoms with van der Waals surface area (Å²) >= 11 is 0. The van der Waals surface area contributed by atoms with Gasteiger partial charge >= 0.3 is 0 Å². The minimum absolute atomic E-state index is 0.0817. The largest absolute Gasteiger partial charge is 0.506 e. The van der Waals surface area contributed by atoms with Crippen LogP contribution in [0.2, 0.25) is 0 Å². The maximum absolute atomic E-state index is 9.74. The number of aliphatic imine (C=N–C) groups is 1. The number of aliphatic hydroxyl groups excluding tert-OH is 1. The highest BCUT2D eigenvalue weighted by atomic mass is 16.5. The summed E-state index contributed by atoms with van der Waals surface area (Å²) in [5, 5.41) is 19.1. The standard InChI is InChI=1S/C18H22N4O3/c1-12(2)22-15(5-6-19)18-13(4-3-7-21-18)11-25-17-9-20-8-16(24)14(17)10-23/h3-9,12,23-24H,10-11,19H2,1-2H3/b6-5-,22-15?. The number of hydrogen-bond acceptors (Lipinski definition) is 7. The van der Waals surface area contributed by atoms with Crippen molar-refractivity contribution >= 4 is 5.71 Å². The van der Waals surface area contributed by atoms with Gasteiger partial charge in [0.1, 0.15) is 18.1 Å². The molecule has 0 amide bonds. The summed E-state index contributed by atoms with van der Waals surface area (Å²) in [6.45, 7) is 3.77. The molecular formula is C18H22N4O3. The molecule has 2 aromatic heterocycles. The van der Waals surface area contributed by atoms with Gasteiger partial charge in [-0.2, -0.15) is 0 Å². The van der Waals surface area contributed by atoms with E-state index >= 15 is 0 Å². The molecule has 7 heteroatoms. The summed E-state index contributed by atoms with van der Waals surface area (Å²) in [5.74, 6) is 0.202. The van der Waals surface area contributed by atoms with Gasteiger partial charge in [0.05, 0.1) is 36.0 Å². The van der Waals surface area contributed by atoms with Crippen LogP contribution in [0, 0.1) is 0 Å². The molecule has 0 bridgehead atoms. The molecule has 0 atom stereocenters. The monoisotopic (exact) mass is 342 g/mol. The summed E-state index contributed by atoms with van der Waals surface area (Å²) < 4.78 is 5.74. The van der Waals surface area contributed by atoms with Gasteiger partial charge in [-0.05, 0) is 32.2 Å². The van der Waals surface area contributed by atoms with Crippen LogP contribution in [0.15, 0.2) is 48.0 Å². The minimum atomic E-state index is -0.348. The van der Waals surface area contributed by atoms with E-state index in [0.717, 1.165) is 5.56 Å². The molecule has 0 saturated carbocycles. The van der Waals surface area contributed by atoms with E-state index in [1.807, 2.05) is 19.9 Å². The van der Waals surface area contributed by atoms with Crippen LogP contribution in [0.3, 0.4) is 0 Å². The molecule has 0 aliphatic carbocycles. The topological polar surface area (TPSA) is 114 Å². The van der Waals surface area contributed by atoms with Gasteiger partial charge in [-0.3, -0.25) is 15.0 Å². The van der Waals surface area contributed by atoms with Crippen molar-refractivity contribution in [2.24, 2.45) is 10.7 Å². The van der Waals surface area contributed by atoms with Gasteiger partial charge in [-0.1, -0.05) is 6.07 Å². The van der Waals surface area contributed by atoms with Crippen molar-refractivity contribution in [3.63, 3.8) is 0 Å². The summed E-state index contributed by atoms with van der Waals surface area (Å²) in [6.07, 6.45) is 7.50. The first-order valence-electron chi connectivity index (χ1n) is 7.86. The minimum Gasteiger partial charge on any atom is -0.506 e. The second kappa shape index (κ2) is 8.79. The van der Waals surface area contributed by atoms with Crippen molar-refractivity contribution in [3.05, 3.63) is 59.8 Å². The molecule has 0 spiro atoms. The molecule has 0 saturated heterocycles. The number of rotatable bonds is 7. The molecule has 7 nitrogen and oxygen atoms in total. The molecule has 0 aliphatic rings. The zero-order chi connectivity index (χ0) is 18.2. The molecule has 0 aromatic carbocycles. The molecule has 0 radical (unpaired) electrons.